The highest BCUT2D eigenvalue weighted by Crippen LogP contribution is 2.19. The molecule has 4 nitrogen and oxygen atoms in total. The van der Waals surface area contributed by atoms with E-state index in [9.17, 15) is 4.79 Å². The highest BCUT2D eigenvalue weighted by Gasteiger charge is 2.17. The van der Waals surface area contributed by atoms with Crippen LogP contribution in [0.15, 0.2) is 68.9 Å². The van der Waals surface area contributed by atoms with Crippen LogP contribution in [0.3, 0.4) is 0 Å². The smallest absolute Gasteiger partial charge is 0.280 e. The van der Waals surface area contributed by atoms with Gasteiger partial charge in [0.25, 0.3) is 5.56 Å². The zero-order valence-corrected chi connectivity index (χ0v) is 15.9. The third kappa shape index (κ3) is 3.82. The van der Waals surface area contributed by atoms with Gasteiger partial charge in [0.05, 0.1) is 22.6 Å². The minimum atomic E-state index is -0.0620. The number of para-hydroxylation sites is 1. The van der Waals surface area contributed by atoms with Crippen LogP contribution in [-0.4, -0.2) is 15.5 Å². The van der Waals surface area contributed by atoms with E-state index >= 15 is 0 Å². The summed E-state index contributed by atoms with van der Waals surface area (Å²) in [6.45, 7) is 3.99. The highest BCUT2D eigenvalue weighted by atomic mass is 79.9. The second-order valence-electron chi connectivity index (χ2n) is 5.87. The number of hydrogen-bond acceptors (Lipinski definition) is 2. The lowest BCUT2D eigenvalue weighted by Crippen LogP contribution is -2.19. The van der Waals surface area contributed by atoms with Crippen LogP contribution in [0.2, 0.25) is 0 Å². The fourth-order valence-corrected chi connectivity index (χ4v) is 3.07. The number of aryl methyl sites for hydroxylation is 1. The Kier molecular flexibility index (Phi) is 5.34. The zero-order chi connectivity index (χ0) is 17.8. The van der Waals surface area contributed by atoms with Crippen LogP contribution in [0.5, 0.6) is 0 Å². The first-order valence-electron chi connectivity index (χ1n) is 8.30. The Morgan fingerprint density at radius 1 is 1.12 bits per heavy atom. The van der Waals surface area contributed by atoms with Gasteiger partial charge in [-0.25, -0.2) is 4.68 Å². The number of aromatic amines is 1. The molecule has 0 radical (unpaired) electrons. The summed E-state index contributed by atoms with van der Waals surface area (Å²) >= 11 is 3.42. The molecule has 25 heavy (non-hydrogen) atoms. The predicted molar refractivity (Wildman–Crippen MR) is 106 cm³/mol. The molecule has 3 aromatic rings. The summed E-state index contributed by atoms with van der Waals surface area (Å²) in [6, 6.07) is 17.3. The number of nitrogens with zero attached hydrogens (tertiary/aromatic N) is 2. The number of hydrogen-bond donors (Lipinski definition) is 1. The molecular formula is C20H20BrN3O. The van der Waals surface area contributed by atoms with Gasteiger partial charge in [0.15, 0.2) is 0 Å². The first kappa shape index (κ1) is 17.4. The third-order valence-corrected chi connectivity index (χ3v) is 4.49. The molecule has 0 unspecified atom stereocenters. The van der Waals surface area contributed by atoms with Gasteiger partial charge in [-0.3, -0.25) is 14.9 Å². The molecule has 1 aromatic heterocycles. The Morgan fingerprint density at radius 3 is 2.44 bits per heavy atom. The van der Waals surface area contributed by atoms with Crippen LogP contribution in [0.4, 0.5) is 5.69 Å². The molecule has 0 bridgehead atoms. The maximum atomic E-state index is 13.0. The molecule has 0 spiro atoms. The first-order chi connectivity index (χ1) is 12.1. The summed E-state index contributed by atoms with van der Waals surface area (Å²) in [4.78, 5) is 17.6. The highest BCUT2D eigenvalue weighted by molar-refractivity contribution is 9.10. The molecular weight excluding hydrogens is 378 g/mol. The lowest BCUT2D eigenvalue weighted by Gasteiger charge is -2.01. The van der Waals surface area contributed by atoms with Crippen LogP contribution < -0.4 is 5.56 Å². The Hall–Kier alpha value is -2.40. The molecule has 0 aliphatic carbocycles. The van der Waals surface area contributed by atoms with E-state index in [-0.39, 0.29) is 5.56 Å². The zero-order valence-electron chi connectivity index (χ0n) is 14.3. The van der Waals surface area contributed by atoms with Crippen LogP contribution in [0, 0.1) is 0 Å². The van der Waals surface area contributed by atoms with E-state index in [4.69, 9.17) is 0 Å². The molecule has 1 N–H and O–H groups in total. The van der Waals surface area contributed by atoms with Gasteiger partial charge in [-0.2, -0.15) is 0 Å². The first-order valence-corrected chi connectivity index (χ1v) is 9.10. The normalized spacial score (nSPS) is 11.7. The predicted octanol–water partition coefficient (Wildman–Crippen LogP) is 5.02. The van der Waals surface area contributed by atoms with Crippen LogP contribution in [0.25, 0.3) is 5.69 Å². The average molecular weight is 398 g/mol. The lowest BCUT2D eigenvalue weighted by atomic mass is 10.1. The third-order valence-electron chi connectivity index (χ3n) is 3.97. The van der Waals surface area contributed by atoms with Crippen molar-refractivity contribution in [3.63, 3.8) is 0 Å². The van der Waals surface area contributed by atoms with Gasteiger partial charge in [0.1, 0.15) is 0 Å². The average Bonchev–Trinajstić information content (AvgIpc) is 2.94. The minimum absolute atomic E-state index is 0.0620. The molecule has 0 atom stereocenters. The molecule has 0 saturated carbocycles. The Morgan fingerprint density at radius 2 is 1.80 bits per heavy atom. The fourth-order valence-electron chi connectivity index (χ4n) is 2.81. The molecule has 2 aromatic carbocycles. The summed E-state index contributed by atoms with van der Waals surface area (Å²) in [5, 5.41) is 3.26. The second kappa shape index (κ2) is 7.66. The van der Waals surface area contributed by atoms with Crippen molar-refractivity contribution in [2.24, 2.45) is 4.99 Å². The Bertz CT molecular complexity index is 937. The number of benzene rings is 2. The number of nitrogens with one attached hydrogen (secondary N) is 1. The fraction of sp³-hybridized carbons (Fsp3) is 0.200. The summed E-state index contributed by atoms with van der Waals surface area (Å²) < 4.78 is 2.60. The molecule has 0 saturated heterocycles. The van der Waals surface area contributed by atoms with Gasteiger partial charge in [-0.05, 0) is 49.7 Å². The van der Waals surface area contributed by atoms with Gasteiger partial charge in [-0.1, -0.05) is 47.5 Å². The largest absolute Gasteiger partial charge is 0.294 e. The van der Waals surface area contributed by atoms with Gasteiger partial charge in [0, 0.05) is 10.2 Å². The molecule has 0 amide bonds. The number of halogens is 1. The summed E-state index contributed by atoms with van der Waals surface area (Å²) in [5.74, 6) is 0. The molecule has 3 rings (SSSR count). The van der Waals surface area contributed by atoms with Crippen molar-refractivity contribution in [2.75, 3.05) is 0 Å². The minimum Gasteiger partial charge on any atom is -0.294 e. The standard InChI is InChI=1S/C20H20BrN3O/c1-3-7-18-19(14(2)22-16-12-10-15(21)11-13-16)20(25)24(23-18)17-8-5-4-6-9-17/h4-6,8-13,23H,3,7H2,1-2H3. The monoisotopic (exact) mass is 397 g/mol. The van der Waals surface area contributed by atoms with Crippen molar-refractivity contribution < 1.29 is 0 Å². The van der Waals surface area contributed by atoms with Crippen molar-refractivity contribution >= 4 is 27.3 Å². The van der Waals surface area contributed by atoms with E-state index in [1.165, 1.54) is 0 Å². The maximum Gasteiger partial charge on any atom is 0.280 e. The van der Waals surface area contributed by atoms with E-state index in [2.05, 4.69) is 32.9 Å². The van der Waals surface area contributed by atoms with Crippen molar-refractivity contribution in [3.05, 3.63) is 80.7 Å². The molecule has 128 valence electrons. The summed E-state index contributed by atoms with van der Waals surface area (Å²) in [7, 11) is 0. The topological polar surface area (TPSA) is 50.1 Å². The van der Waals surface area contributed by atoms with Gasteiger partial charge >= 0.3 is 0 Å². The van der Waals surface area contributed by atoms with Crippen LogP contribution in [-0.2, 0) is 6.42 Å². The van der Waals surface area contributed by atoms with E-state index < -0.39 is 0 Å². The quantitative estimate of drug-likeness (QED) is 0.603. The van der Waals surface area contributed by atoms with Crippen LogP contribution in [0.1, 0.15) is 31.5 Å². The van der Waals surface area contributed by atoms with Gasteiger partial charge in [0.2, 0.25) is 0 Å². The van der Waals surface area contributed by atoms with E-state index in [0.717, 1.165) is 40.1 Å². The summed E-state index contributed by atoms with van der Waals surface area (Å²) in [6.07, 6.45) is 1.75. The van der Waals surface area contributed by atoms with E-state index in [1.54, 1.807) is 4.68 Å². The lowest BCUT2D eigenvalue weighted by molar-refractivity contribution is 0.793. The number of aromatic nitrogens is 2. The Balaban J connectivity index is 2.09. The summed E-state index contributed by atoms with van der Waals surface area (Å²) in [5.41, 5.74) is 3.90. The van der Waals surface area contributed by atoms with Crippen molar-refractivity contribution in [1.82, 2.24) is 9.78 Å². The second-order valence-corrected chi connectivity index (χ2v) is 6.78. The van der Waals surface area contributed by atoms with Crippen molar-refractivity contribution in [2.45, 2.75) is 26.7 Å². The Labute approximate surface area is 155 Å². The molecule has 0 aliphatic heterocycles. The van der Waals surface area contributed by atoms with Crippen molar-refractivity contribution in [1.29, 1.82) is 0 Å². The number of H-pyrrole nitrogens is 1. The molecule has 0 aliphatic rings. The van der Waals surface area contributed by atoms with E-state index in [1.807, 2.05) is 61.5 Å². The van der Waals surface area contributed by atoms with Crippen LogP contribution >= 0.6 is 15.9 Å². The van der Waals surface area contributed by atoms with Gasteiger partial charge < -0.3 is 0 Å². The molecule has 5 heteroatoms. The molecule has 0 fully saturated rings. The number of rotatable bonds is 5. The SMILES string of the molecule is CCCc1[nH]n(-c2ccccc2)c(=O)c1C(C)=Nc1ccc(Br)cc1. The van der Waals surface area contributed by atoms with Crippen molar-refractivity contribution in [3.8, 4) is 5.69 Å². The number of aliphatic imine (C=N–C) groups is 1. The molecule has 1 heterocycles. The maximum absolute atomic E-state index is 13.0. The van der Waals surface area contributed by atoms with Gasteiger partial charge in [-0.15, -0.1) is 0 Å². The van der Waals surface area contributed by atoms with E-state index in [0.29, 0.717) is 5.56 Å².